The zero-order chi connectivity index (χ0) is 18.8. The maximum atomic E-state index is 13.0. The highest BCUT2D eigenvalue weighted by Crippen LogP contribution is 2.32. The second kappa shape index (κ2) is 7.04. The summed E-state index contributed by atoms with van der Waals surface area (Å²) in [5.74, 6) is -0.231. The molecule has 0 spiro atoms. The minimum absolute atomic E-state index is 0.231. The van der Waals surface area contributed by atoms with E-state index in [-0.39, 0.29) is 11.9 Å². The minimum Gasteiger partial charge on any atom is -0.327 e. The zero-order valence-electron chi connectivity index (χ0n) is 15.4. The lowest BCUT2D eigenvalue weighted by Crippen LogP contribution is -2.46. The number of allylic oxidation sites excluding steroid dienone is 1. The third-order valence-electron chi connectivity index (χ3n) is 4.57. The normalized spacial score (nSPS) is 16.8. The van der Waals surface area contributed by atoms with Crippen LogP contribution in [-0.4, -0.2) is 11.9 Å². The van der Waals surface area contributed by atoms with Crippen molar-refractivity contribution in [2.24, 2.45) is 0 Å². The maximum absolute atomic E-state index is 13.0. The van der Waals surface area contributed by atoms with Crippen molar-refractivity contribution in [2.75, 3.05) is 5.32 Å². The van der Waals surface area contributed by atoms with E-state index in [9.17, 15) is 9.59 Å². The fourth-order valence-electron chi connectivity index (χ4n) is 3.58. The predicted octanol–water partition coefficient (Wildman–Crippen LogP) is 3.88. The van der Waals surface area contributed by atoms with Gasteiger partial charge in [0.2, 0.25) is 0 Å². The van der Waals surface area contributed by atoms with Gasteiger partial charge in [0, 0.05) is 11.4 Å². The van der Waals surface area contributed by atoms with E-state index in [0.717, 1.165) is 22.3 Å². The summed E-state index contributed by atoms with van der Waals surface area (Å²) >= 11 is 0. The fraction of sp³-hybridized carbons (Fsp3) is 0.238. The summed E-state index contributed by atoms with van der Waals surface area (Å²) in [4.78, 5) is 25.1. The second-order valence-corrected chi connectivity index (χ2v) is 6.70. The van der Waals surface area contributed by atoms with Crippen molar-refractivity contribution in [1.82, 2.24) is 10.6 Å². The fourth-order valence-corrected chi connectivity index (χ4v) is 3.58. The van der Waals surface area contributed by atoms with Gasteiger partial charge in [0.1, 0.15) is 0 Å². The number of para-hydroxylation sites is 1. The number of carbonyl (C=O) groups is 2. The largest absolute Gasteiger partial charge is 0.327 e. The molecule has 5 nitrogen and oxygen atoms in total. The van der Waals surface area contributed by atoms with Crippen molar-refractivity contribution >= 4 is 17.6 Å². The van der Waals surface area contributed by atoms with Crippen LogP contribution in [0, 0.1) is 20.8 Å². The van der Waals surface area contributed by atoms with Crippen molar-refractivity contribution in [3.05, 3.63) is 76.0 Å². The molecule has 1 aliphatic rings. The van der Waals surface area contributed by atoms with Gasteiger partial charge in [0.05, 0.1) is 11.6 Å². The van der Waals surface area contributed by atoms with Crippen LogP contribution in [0.15, 0.2) is 53.7 Å². The van der Waals surface area contributed by atoms with Crippen LogP contribution in [0.4, 0.5) is 10.5 Å². The van der Waals surface area contributed by atoms with Gasteiger partial charge in [-0.25, -0.2) is 4.79 Å². The van der Waals surface area contributed by atoms with E-state index in [4.69, 9.17) is 0 Å². The molecule has 0 radical (unpaired) electrons. The Morgan fingerprint density at radius 3 is 2.23 bits per heavy atom. The summed E-state index contributed by atoms with van der Waals surface area (Å²) in [7, 11) is 0. The van der Waals surface area contributed by atoms with Crippen LogP contribution >= 0.6 is 0 Å². The number of hydrogen-bond acceptors (Lipinski definition) is 2. The highest BCUT2D eigenvalue weighted by atomic mass is 16.2. The maximum Gasteiger partial charge on any atom is 0.319 e. The highest BCUT2D eigenvalue weighted by molar-refractivity contribution is 6.06. The van der Waals surface area contributed by atoms with Crippen LogP contribution in [0.2, 0.25) is 0 Å². The molecule has 0 fully saturated rings. The first-order valence-corrected chi connectivity index (χ1v) is 8.59. The van der Waals surface area contributed by atoms with Crippen molar-refractivity contribution in [3.63, 3.8) is 0 Å². The molecule has 1 heterocycles. The molecule has 5 heteroatoms. The number of carbonyl (C=O) groups excluding carboxylic acids is 2. The van der Waals surface area contributed by atoms with Crippen LogP contribution in [0.3, 0.4) is 0 Å². The SMILES string of the molecule is CC1=C(C(=O)Nc2ccccc2)[C@@H](c2c(C)cc(C)cc2C)NC(=O)N1. The number of nitrogens with one attached hydrogen (secondary N) is 3. The molecule has 0 saturated heterocycles. The number of urea groups is 1. The number of benzene rings is 2. The number of rotatable bonds is 3. The number of amides is 3. The van der Waals surface area contributed by atoms with Gasteiger partial charge in [0.25, 0.3) is 5.91 Å². The average Bonchev–Trinajstić information content (AvgIpc) is 2.54. The summed E-state index contributed by atoms with van der Waals surface area (Å²) in [6.07, 6.45) is 0. The molecular formula is C21H23N3O2. The molecule has 0 bridgehead atoms. The Labute approximate surface area is 153 Å². The quantitative estimate of drug-likeness (QED) is 0.787. The lowest BCUT2D eigenvalue weighted by molar-refractivity contribution is -0.113. The molecule has 3 amide bonds. The Morgan fingerprint density at radius 2 is 1.62 bits per heavy atom. The van der Waals surface area contributed by atoms with Gasteiger partial charge in [-0.2, -0.15) is 0 Å². The number of hydrogen-bond donors (Lipinski definition) is 3. The van der Waals surface area contributed by atoms with Crippen molar-refractivity contribution < 1.29 is 9.59 Å². The van der Waals surface area contributed by atoms with E-state index in [2.05, 4.69) is 28.1 Å². The Bertz CT molecular complexity index is 878. The van der Waals surface area contributed by atoms with Crippen molar-refractivity contribution in [2.45, 2.75) is 33.7 Å². The number of anilines is 1. The van der Waals surface area contributed by atoms with E-state index in [0.29, 0.717) is 17.0 Å². The summed E-state index contributed by atoms with van der Waals surface area (Å²) in [6.45, 7) is 7.80. The zero-order valence-corrected chi connectivity index (χ0v) is 15.4. The molecule has 1 aliphatic heterocycles. The van der Waals surface area contributed by atoms with Gasteiger partial charge in [-0.3, -0.25) is 4.79 Å². The third kappa shape index (κ3) is 3.47. The lowest BCUT2D eigenvalue weighted by Gasteiger charge is -2.31. The minimum atomic E-state index is -0.493. The van der Waals surface area contributed by atoms with Crippen LogP contribution in [0.5, 0.6) is 0 Å². The predicted molar refractivity (Wildman–Crippen MR) is 103 cm³/mol. The van der Waals surface area contributed by atoms with Gasteiger partial charge in [-0.1, -0.05) is 35.9 Å². The summed E-state index contributed by atoms with van der Waals surface area (Å²) in [5.41, 5.74) is 6.00. The van der Waals surface area contributed by atoms with Gasteiger partial charge < -0.3 is 16.0 Å². The van der Waals surface area contributed by atoms with E-state index >= 15 is 0 Å². The Kier molecular flexibility index (Phi) is 4.80. The van der Waals surface area contributed by atoms with Gasteiger partial charge >= 0.3 is 6.03 Å². The first-order chi connectivity index (χ1) is 12.4. The van der Waals surface area contributed by atoms with Crippen LogP contribution in [0.1, 0.15) is 35.2 Å². The van der Waals surface area contributed by atoms with E-state index in [1.807, 2.05) is 51.1 Å². The van der Waals surface area contributed by atoms with Crippen molar-refractivity contribution in [1.29, 1.82) is 0 Å². The van der Waals surface area contributed by atoms with Crippen LogP contribution < -0.4 is 16.0 Å². The first-order valence-electron chi connectivity index (χ1n) is 8.59. The van der Waals surface area contributed by atoms with Gasteiger partial charge in [0.15, 0.2) is 0 Å². The van der Waals surface area contributed by atoms with Gasteiger partial charge in [-0.05, 0) is 56.5 Å². The molecule has 2 aromatic rings. The van der Waals surface area contributed by atoms with Crippen molar-refractivity contribution in [3.8, 4) is 0 Å². The molecule has 134 valence electrons. The van der Waals surface area contributed by atoms with E-state index in [1.165, 1.54) is 0 Å². The third-order valence-corrected chi connectivity index (χ3v) is 4.57. The molecule has 0 aliphatic carbocycles. The lowest BCUT2D eigenvalue weighted by atomic mass is 9.87. The Morgan fingerprint density at radius 1 is 1.00 bits per heavy atom. The van der Waals surface area contributed by atoms with E-state index in [1.54, 1.807) is 6.92 Å². The highest BCUT2D eigenvalue weighted by Gasteiger charge is 2.33. The summed E-state index contributed by atoms with van der Waals surface area (Å²) in [5, 5.41) is 8.55. The number of aryl methyl sites for hydroxylation is 3. The molecular weight excluding hydrogens is 326 g/mol. The summed E-state index contributed by atoms with van der Waals surface area (Å²) in [6, 6.07) is 12.6. The summed E-state index contributed by atoms with van der Waals surface area (Å²) < 4.78 is 0. The topological polar surface area (TPSA) is 70.2 Å². The molecule has 26 heavy (non-hydrogen) atoms. The molecule has 3 rings (SSSR count). The Hall–Kier alpha value is -3.08. The van der Waals surface area contributed by atoms with E-state index < -0.39 is 6.04 Å². The molecule has 0 aromatic heterocycles. The molecule has 0 unspecified atom stereocenters. The second-order valence-electron chi connectivity index (χ2n) is 6.70. The molecule has 0 saturated carbocycles. The molecule has 1 atom stereocenters. The van der Waals surface area contributed by atoms with Crippen LogP contribution in [0.25, 0.3) is 0 Å². The van der Waals surface area contributed by atoms with Gasteiger partial charge in [-0.15, -0.1) is 0 Å². The molecule has 2 aromatic carbocycles. The Balaban J connectivity index is 2.04. The first kappa shape index (κ1) is 17.7. The van der Waals surface area contributed by atoms with Crippen LogP contribution in [-0.2, 0) is 4.79 Å². The standard InChI is InChI=1S/C21H23N3O2/c1-12-10-13(2)17(14(3)11-12)19-18(15(4)22-21(26)24-19)20(25)23-16-8-6-5-7-9-16/h5-11,19H,1-4H3,(H,23,25)(H2,22,24,26)/t19-/m1/s1. The monoisotopic (exact) mass is 349 g/mol. The average molecular weight is 349 g/mol. The smallest absolute Gasteiger partial charge is 0.319 e. The molecule has 3 N–H and O–H groups in total.